The van der Waals surface area contributed by atoms with Gasteiger partial charge >= 0.3 is 0 Å². The lowest BCUT2D eigenvalue weighted by Crippen LogP contribution is -2.31. The fourth-order valence-corrected chi connectivity index (χ4v) is 1.53. The van der Waals surface area contributed by atoms with Crippen LogP contribution in [-0.4, -0.2) is 27.0 Å². The summed E-state index contributed by atoms with van der Waals surface area (Å²) < 4.78 is 21.4. The molecule has 9 heteroatoms. The summed E-state index contributed by atoms with van der Waals surface area (Å²) in [5.74, 6) is -0.236. The van der Waals surface area contributed by atoms with Gasteiger partial charge in [-0.25, -0.2) is 19.0 Å². The average molecular weight is 274 g/mol. The summed E-state index contributed by atoms with van der Waals surface area (Å²) in [6.45, 7) is 0.291. The van der Waals surface area contributed by atoms with Gasteiger partial charge in [0.25, 0.3) is 5.91 Å². The largest absolute Gasteiger partial charge is 0.399 e. The van der Waals surface area contributed by atoms with Crippen LogP contribution >= 0.6 is 0 Å². The number of nitrogen functional groups attached to an aromatic ring is 1. The van der Waals surface area contributed by atoms with E-state index in [9.17, 15) is 13.2 Å². The van der Waals surface area contributed by atoms with Crippen LogP contribution in [0.3, 0.4) is 0 Å². The van der Waals surface area contributed by atoms with Gasteiger partial charge in [-0.2, -0.15) is 0 Å². The van der Waals surface area contributed by atoms with E-state index in [0.717, 1.165) is 0 Å². The molecule has 1 aliphatic rings. The minimum absolute atomic E-state index is 0.0756. The maximum atomic E-state index is 10.7. The molecule has 1 aliphatic heterocycles. The van der Waals surface area contributed by atoms with E-state index in [0.29, 0.717) is 12.3 Å². The van der Waals surface area contributed by atoms with Gasteiger partial charge in [0.15, 0.2) is 0 Å². The lowest BCUT2D eigenvalue weighted by molar-refractivity contribution is -0.124. The first-order valence-corrected chi connectivity index (χ1v) is 6.41. The number of anilines is 1. The molecular formula is C9H14N4O4S. The molecular weight excluding hydrogens is 260 g/mol. The van der Waals surface area contributed by atoms with Gasteiger partial charge in [-0.3, -0.25) is 9.63 Å². The van der Waals surface area contributed by atoms with Crippen LogP contribution in [0.15, 0.2) is 29.2 Å². The first-order chi connectivity index (χ1) is 8.30. The second-order valence-corrected chi connectivity index (χ2v) is 5.06. The van der Waals surface area contributed by atoms with Crippen molar-refractivity contribution in [2.75, 3.05) is 12.3 Å². The van der Waals surface area contributed by atoms with Crippen molar-refractivity contribution in [3.63, 3.8) is 0 Å². The molecule has 0 bridgehead atoms. The van der Waals surface area contributed by atoms with Crippen LogP contribution in [0, 0.1) is 0 Å². The quantitative estimate of drug-likeness (QED) is 0.448. The van der Waals surface area contributed by atoms with E-state index in [1.54, 1.807) is 0 Å². The molecule has 1 saturated heterocycles. The Balaban J connectivity index is 0.000000199. The summed E-state index contributed by atoms with van der Waals surface area (Å²) in [7, 11) is -3.58. The van der Waals surface area contributed by atoms with E-state index in [1.165, 1.54) is 24.3 Å². The minimum atomic E-state index is -3.58. The van der Waals surface area contributed by atoms with E-state index in [2.05, 4.69) is 10.3 Å². The van der Waals surface area contributed by atoms with Crippen LogP contribution < -0.4 is 22.1 Å². The zero-order valence-corrected chi connectivity index (χ0v) is 10.2. The van der Waals surface area contributed by atoms with Crippen LogP contribution in [0.25, 0.3) is 0 Å². The van der Waals surface area contributed by atoms with Crippen molar-refractivity contribution in [2.45, 2.75) is 10.9 Å². The van der Waals surface area contributed by atoms with E-state index in [4.69, 9.17) is 16.6 Å². The zero-order valence-electron chi connectivity index (χ0n) is 9.37. The van der Waals surface area contributed by atoms with Crippen LogP contribution in [0.2, 0.25) is 0 Å². The predicted molar refractivity (Wildman–Crippen MR) is 64.3 cm³/mol. The number of nitrogens with one attached hydrogen (secondary N) is 1. The fraction of sp³-hybridized carbons (Fsp3) is 0.222. The Bertz CT molecular complexity index is 514. The van der Waals surface area contributed by atoms with Crippen LogP contribution in [-0.2, 0) is 19.7 Å². The maximum absolute atomic E-state index is 10.7. The number of carbonyl (C=O) groups is 1. The third-order valence-electron chi connectivity index (χ3n) is 1.98. The van der Waals surface area contributed by atoms with Gasteiger partial charge in [0.1, 0.15) is 6.04 Å². The molecule has 1 amide bonds. The highest BCUT2D eigenvalue weighted by Crippen LogP contribution is 2.08. The Labute approximate surface area is 104 Å². The Morgan fingerprint density at radius 1 is 1.28 bits per heavy atom. The second kappa shape index (κ2) is 5.78. The average Bonchev–Trinajstić information content (AvgIpc) is 2.63. The summed E-state index contributed by atoms with van der Waals surface area (Å²) in [5, 5.41) is 4.84. The van der Waals surface area contributed by atoms with Crippen molar-refractivity contribution in [3.8, 4) is 0 Å². The number of hydrogen-bond donors (Lipinski definition) is 4. The van der Waals surface area contributed by atoms with Gasteiger partial charge in [-0.1, -0.05) is 0 Å². The highest BCUT2D eigenvalue weighted by atomic mass is 32.2. The van der Waals surface area contributed by atoms with Crippen molar-refractivity contribution in [1.29, 1.82) is 0 Å². The van der Waals surface area contributed by atoms with E-state index < -0.39 is 16.1 Å². The van der Waals surface area contributed by atoms with Gasteiger partial charge in [-0.15, -0.1) is 0 Å². The van der Waals surface area contributed by atoms with Crippen LogP contribution in [0.4, 0.5) is 5.69 Å². The van der Waals surface area contributed by atoms with E-state index in [-0.39, 0.29) is 10.8 Å². The van der Waals surface area contributed by atoms with Gasteiger partial charge in [-0.05, 0) is 24.3 Å². The molecule has 1 atom stereocenters. The molecule has 7 N–H and O–H groups in total. The van der Waals surface area contributed by atoms with Crippen molar-refractivity contribution in [3.05, 3.63) is 24.3 Å². The summed E-state index contributed by atoms with van der Waals surface area (Å²) in [6.07, 6.45) is 0. The Hall–Kier alpha value is -1.68. The summed E-state index contributed by atoms with van der Waals surface area (Å²) in [5.41, 5.74) is 13.1. The number of nitrogens with two attached hydrogens (primary N) is 3. The van der Waals surface area contributed by atoms with Crippen molar-refractivity contribution in [1.82, 2.24) is 5.48 Å². The topological polar surface area (TPSA) is 151 Å². The van der Waals surface area contributed by atoms with Gasteiger partial charge in [0.2, 0.25) is 10.0 Å². The SMILES string of the molecule is N[C@@H]1CONC1=O.Nc1ccc(S(N)(=O)=O)cc1. The highest BCUT2D eigenvalue weighted by molar-refractivity contribution is 7.89. The van der Waals surface area contributed by atoms with Crippen LogP contribution in [0.1, 0.15) is 0 Å². The third-order valence-corrected chi connectivity index (χ3v) is 2.91. The maximum Gasteiger partial charge on any atom is 0.262 e. The standard InChI is InChI=1S/C6H8N2O2S.C3H6N2O2/c7-5-1-3-6(4-2-5)11(8,9)10;4-2-1-7-5-3(2)6/h1-4H,7H2,(H2,8,9,10);2H,1,4H2,(H,5,6)/t;2-/m.1/s1. The number of carbonyl (C=O) groups excluding carboxylic acids is 1. The van der Waals surface area contributed by atoms with Crippen molar-refractivity contribution in [2.24, 2.45) is 10.9 Å². The van der Waals surface area contributed by atoms with Crippen LogP contribution in [0.5, 0.6) is 0 Å². The normalized spacial score (nSPS) is 18.8. The molecule has 0 radical (unpaired) electrons. The molecule has 0 spiro atoms. The lowest BCUT2D eigenvalue weighted by Gasteiger charge is -1.96. The fourth-order valence-electron chi connectivity index (χ4n) is 1.01. The number of amides is 1. The molecule has 1 heterocycles. The molecule has 0 unspecified atom stereocenters. The van der Waals surface area contributed by atoms with Gasteiger partial charge in [0.05, 0.1) is 11.5 Å². The molecule has 0 saturated carbocycles. The molecule has 1 aromatic rings. The number of hydrogen-bond acceptors (Lipinski definition) is 6. The number of primary sulfonamides is 1. The van der Waals surface area contributed by atoms with E-state index >= 15 is 0 Å². The lowest BCUT2D eigenvalue weighted by atomic mass is 10.3. The first kappa shape index (κ1) is 14.4. The minimum Gasteiger partial charge on any atom is -0.399 e. The zero-order chi connectivity index (χ0) is 13.8. The molecule has 1 fully saturated rings. The number of sulfonamides is 1. The molecule has 100 valence electrons. The molecule has 0 aliphatic carbocycles. The number of hydroxylamine groups is 1. The van der Waals surface area contributed by atoms with Gasteiger partial charge in [0, 0.05) is 5.69 Å². The summed E-state index contributed by atoms with van der Waals surface area (Å²) >= 11 is 0. The highest BCUT2D eigenvalue weighted by Gasteiger charge is 2.19. The van der Waals surface area contributed by atoms with E-state index in [1.807, 2.05) is 0 Å². The molecule has 2 rings (SSSR count). The Morgan fingerprint density at radius 2 is 1.83 bits per heavy atom. The Kier molecular flexibility index (Phi) is 4.62. The number of rotatable bonds is 1. The van der Waals surface area contributed by atoms with Crippen molar-refractivity contribution < 1.29 is 18.0 Å². The third kappa shape index (κ3) is 4.30. The smallest absolute Gasteiger partial charge is 0.262 e. The summed E-state index contributed by atoms with van der Waals surface area (Å²) in [6, 6.07) is 5.24. The Morgan fingerprint density at radius 3 is 2.11 bits per heavy atom. The molecule has 18 heavy (non-hydrogen) atoms. The van der Waals surface area contributed by atoms with Gasteiger partial charge < -0.3 is 11.5 Å². The number of benzene rings is 1. The monoisotopic (exact) mass is 274 g/mol. The molecule has 1 aromatic carbocycles. The van der Waals surface area contributed by atoms with Crippen molar-refractivity contribution >= 4 is 21.6 Å². The first-order valence-electron chi connectivity index (χ1n) is 4.86. The molecule has 0 aromatic heterocycles. The second-order valence-electron chi connectivity index (χ2n) is 3.50. The predicted octanol–water partition coefficient (Wildman–Crippen LogP) is -1.71. The summed E-state index contributed by atoms with van der Waals surface area (Å²) in [4.78, 5) is 14.7. The molecule has 8 nitrogen and oxygen atoms in total.